The van der Waals surface area contributed by atoms with Gasteiger partial charge in [-0.3, -0.25) is 4.79 Å². The lowest BCUT2D eigenvalue weighted by atomic mass is 10.1. The Balaban J connectivity index is 1.68. The summed E-state index contributed by atoms with van der Waals surface area (Å²) in [6.45, 7) is 4.45. The average Bonchev–Trinajstić information content (AvgIpc) is 2.97. The van der Waals surface area contributed by atoms with Crippen LogP contribution in [0, 0.1) is 19.7 Å². The van der Waals surface area contributed by atoms with Gasteiger partial charge in [-0.25, -0.2) is 9.07 Å². The van der Waals surface area contributed by atoms with Gasteiger partial charge >= 0.3 is 0 Å². The lowest BCUT2D eigenvalue weighted by molar-refractivity contribution is 0.0772. The molecule has 0 unspecified atom stereocenters. The van der Waals surface area contributed by atoms with Crippen LogP contribution in [0.2, 0.25) is 0 Å². The number of amides is 1. The highest BCUT2D eigenvalue weighted by atomic mass is 19.1. The summed E-state index contributed by atoms with van der Waals surface area (Å²) in [5.74, 6) is 0.160. The second kappa shape index (κ2) is 8.03. The third-order valence-corrected chi connectivity index (χ3v) is 4.36. The molecule has 0 saturated heterocycles. The summed E-state index contributed by atoms with van der Waals surface area (Å²) in [6.07, 6.45) is 0. The summed E-state index contributed by atoms with van der Waals surface area (Å²) in [5.41, 5.74) is 3.00. The maximum Gasteiger partial charge on any atom is 0.257 e. The Kier molecular flexibility index (Phi) is 5.54. The SMILES string of the molecule is Cc1nn(-c2ccccc2)c(C)c1C(=O)N(C)CCOc1ccc(F)cc1. The first-order valence-electron chi connectivity index (χ1n) is 8.73. The molecule has 0 saturated carbocycles. The number of hydrogen-bond donors (Lipinski definition) is 0. The largest absolute Gasteiger partial charge is 0.492 e. The normalized spacial score (nSPS) is 10.7. The predicted octanol–water partition coefficient (Wildman–Crippen LogP) is 3.78. The molecule has 0 fully saturated rings. The van der Waals surface area contributed by atoms with Crippen molar-refractivity contribution in [3.63, 3.8) is 0 Å². The van der Waals surface area contributed by atoms with E-state index in [1.807, 2.05) is 44.2 Å². The Labute approximate surface area is 158 Å². The Morgan fingerprint density at radius 3 is 2.44 bits per heavy atom. The van der Waals surface area contributed by atoms with E-state index >= 15 is 0 Å². The topological polar surface area (TPSA) is 47.4 Å². The minimum atomic E-state index is -0.309. The standard InChI is InChI=1S/C21H22FN3O2/c1-15-20(16(2)25(23-15)18-7-5-4-6-8-18)21(26)24(3)13-14-27-19-11-9-17(22)10-12-19/h4-12H,13-14H2,1-3H3. The van der Waals surface area contributed by atoms with Crippen LogP contribution >= 0.6 is 0 Å². The monoisotopic (exact) mass is 367 g/mol. The molecule has 3 rings (SSSR count). The number of aromatic nitrogens is 2. The highest BCUT2D eigenvalue weighted by Gasteiger charge is 2.22. The van der Waals surface area contributed by atoms with Gasteiger partial charge in [0.1, 0.15) is 18.2 Å². The van der Waals surface area contributed by atoms with Crippen LogP contribution in [-0.4, -0.2) is 40.8 Å². The number of para-hydroxylation sites is 1. The van der Waals surface area contributed by atoms with Gasteiger partial charge in [-0.1, -0.05) is 18.2 Å². The molecule has 2 aromatic carbocycles. The van der Waals surface area contributed by atoms with Crippen molar-refractivity contribution in [1.82, 2.24) is 14.7 Å². The number of benzene rings is 2. The Hall–Kier alpha value is -3.15. The van der Waals surface area contributed by atoms with Gasteiger partial charge in [-0.15, -0.1) is 0 Å². The van der Waals surface area contributed by atoms with Crippen molar-refractivity contribution in [2.24, 2.45) is 0 Å². The zero-order chi connectivity index (χ0) is 19.4. The maximum absolute atomic E-state index is 12.9. The molecule has 1 heterocycles. The molecule has 0 aliphatic heterocycles. The zero-order valence-corrected chi connectivity index (χ0v) is 15.6. The van der Waals surface area contributed by atoms with Gasteiger partial charge in [0.15, 0.2) is 0 Å². The van der Waals surface area contributed by atoms with Gasteiger partial charge in [0, 0.05) is 7.05 Å². The van der Waals surface area contributed by atoms with Crippen LogP contribution in [0.4, 0.5) is 4.39 Å². The van der Waals surface area contributed by atoms with Crippen molar-refractivity contribution >= 4 is 5.91 Å². The summed E-state index contributed by atoms with van der Waals surface area (Å²) >= 11 is 0. The second-order valence-electron chi connectivity index (χ2n) is 6.32. The van der Waals surface area contributed by atoms with E-state index in [0.717, 1.165) is 11.4 Å². The highest BCUT2D eigenvalue weighted by molar-refractivity contribution is 5.96. The number of ether oxygens (including phenoxy) is 1. The van der Waals surface area contributed by atoms with Crippen LogP contribution in [0.3, 0.4) is 0 Å². The van der Waals surface area contributed by atoms with Gasteiger partial charge < -0.3 is 9.64 Å². The zero-order valence-electron chi connectivity index (χ0n) is 15.6. The fraction of sp³-hybridized carbons (Fsp3) is 0.238. The van der Waals surface area contributed by atoms with Gasteiger partial charge in [-0.2, -0.15) is 5.10 Å². The van der Waals surface area contributed by atoms with E-state index in [2.05, 4.69) is 5.10 Å². The maximum atomic E-state index is 12.9. The van der Waals surface area contributed by atoms with Crippen molar-refractivity contribution in [2.75, 3.05) is 20.2 Å². The van der Waals surface area contributed by atoms with Crippen molar-refractivity contribution < 1.29 is 13.9 Å². The van der Waals surface area contributed by atoms with Crippen LogP contribution in [0.5, 0.6) is 5.75 Å². The lowest BCUT2D eigenvalue weighted by Crippen LogP contribution is -2.31. The summed E-state index contributed by atoms with van der Waals surface area (Å²) in [7, 11) is 1.73. The van der Waals surface area contributed by atoms with Crippen LogP contribution in [0.15, 0.2) is 54.6 Å². The fourth-order valence-electron chi connectivity index (χ4n) is 2.90. The number of carbonyl (C=O) groups is 1. The predicted molar refractivity (Wildman–Crippen MR) is 102 cm³/mol. The molecule has 5 nitrogen and oxygen atoms in total. The summed E-state index contributed by atoms with van der Waals surface area (Å²) in [4.78, 5) is 14.5. The number of aryl methyl sites for hydroxylation is 1. The van der Waals surface area contributed by atoms with Crippen molar-refractivity contribution in [3.05, 3.63) is 77.4 Å². The quantitative estimate of drug-likeness (QED) is 0.666. The van der Waals surface area contributed by atoms with E-state index in [9.17, 15) is 9.18 Å². The van der Waals surface area contributed by atoms with Gasteiger partial charge in [-0.05, 0) is 50.2 Å². The van der Waals surface area contributed by atoms with Crippen molar-refractivity contribution in [2.45, 2.75) is 13.8 Å². The number of hydrogen-bond acceptors (Lipinski definition) is 3. The number of halogens is 1. The molecule has 140 valence electrons. The third kappa shape index (κ3) is 4.16. The molecule has 0 N–H and O–H groups in total. The minimum Gasteiger partial charge on any atom is -0.492 e. The van der Waals surface area contributed by atoms with E-state index in [0.29, 0.717) is 30.2 Å². The molecule has 0 aliphatic carbocycles. The summed E-state index contributed by atoms with van der Waals surface area (Å²) in [5, 5.41) is 4.52. The molecule has 0 bridgehead atoms. The molecule has 27 heavy (non-hydrogen) atoms. The van der Waals surface area contributed by atoms with Gasteiger partial charge in [0.25, 0.3) is 5.91 Å². The molecule has 6 heteroatoms. The smallest absolute Gasteiger partial charge is 0.257 e. The van der Waals surface area contributed by atoms with Crippen LogP contribution in [0.25, 0.3) is 5.69 Å². The fourth-order valence-corrected chi connectivity index (χ4v) is 2.90. The van der Waals surface area contributed by atoms with E-state index < -0.39 is 0 Å². The molecule has 1 amide bonds. The van der Waals surface area contributed by atoms with Gasteiger partial charge in [0.05, 0.1) is 29.2 Å². The first kappa shape index (κ1) is 18.6. The number of likely N-dealkylation sites (N-methyl/N-ethyl adjacent to an activating group) is 1. The summed E-state index contributed by atoms with van der Waals surface area (Å²) < 4.78 is 20.3. The number of carbonyl (C=O) groups excluding carboxylic acids is 1. The molecular weight excluding hydrogens is 345 g/mol. The lowest BCUT2D eigenvalue weighted by Gasteiger charge is -2.18. The second-order valence-corrected chi connectivity index (χ2v) is 6.32. The van der Waals surface area contributed by atoms with Crippen LogP contribution in [-0.2, 0) is 0 Å². The Morgan fingerprint density at radius 1 is 1.11 bits per heavy atom. The Morgan fingerprint density at radius 2 is 1.78 bits per heavy atom. The third-order valence-electron chi connectivity index (χ3n) is 4.36. The first-order chi connectivity index (χ1) is 13.0. The van der Waals surface area contributed by atoms with E-state index in [1.54, 1.807) is 28.8 Å². The molecule has 1 aromatic heterocycles. The minimum absolute atomic E-state index is 0.102. The van der Waals surface area contributed by atoms with E-state index in [4.69, 9.17) is 4.74 Å². The molecular formula is C21H22FN3O2. The Bertz CT molecular complexity index is 921. The van der Waals surface area contributed by atoms with Gasteiger partial charge in [0.2, 0.25) is 0 Å². The van der Waals surface area contributed by atoms with Crippen molar-refractivity contribution in [3.8, 4) is 11.4 Å². The highest BCUT2D eigenvalue weighted by Crippen LogP contribution is 2.19. The molecule has 3 aromatic rings. The number of rotatable bonds is 6. The average molecular weight is 367 g/mol. The van der Waals surface area contributed by atoms with E-state index in [1.165, 1.54) is 12.1 Å². The van der Waals surface area contributed by atoms with Crippen LogP contribution < -0.4 is 4.74 Å². The number of nitrogens with zero attached hydrogens (tertiary/aromatic N) is 3. The molecule has 0 radical (unpaired) electrons. The van der Waals surface area contributed by atoms with Crippen molar-refractivity contribution in [1.29, 1.82) is 0 Å². The van der Waals surface area contributed by atoms with E-state index in [-0.39, 0.29) is 11.7 Å². The summed E-state index contributed by atoms with van der Waals surface area (Å²) in [6, 6.07) is 15.5. The molecule has 0 spiro atoms. The first-order valence-corrected chi connectivity index (χ1v) is 8.73. The van der Waals surface area contributed by atoms with Crippen LogP contribution in [0.1, 0.15) is 21.7 Å². The molecule has 0 aliphatic rings. The molecule has 0 atom stereocenters.